The van der Waals surface area contributed by atoms with E-state index < -0.39 is 0 Å². The Hall–Kier alpha value is -1.75. The number of amides is 1. The molecular formula is C14H16BrN3O. The van der Waals surface area contributed by atoms with Gasteiger partial charge in [-0.15, -0.1) is 0 Å². The van der Waals surface area contributed by atoms with E-state index in [1.807, 2.05) is 30.7 Å². The first-order valence-corrected chi connectivity index (χ1v) is 6.81. The molecule has 5 heteroatoms. The van der Waals surface area contributed by atoms with Crippen LogP contribution in [0.1, 0.15) is 30.4 Å². The summed E-state index contributed by atoms with van der Waals surface area (Å²) in [6.45, 7) is 4.07. The molecule has 0 saturated heterocycles. The highest BCUT2D eigenvalue weighted by Gasteiger charge is 2.14. The van der Waals surface area contributed by atoms with E-state index in [0.29, 0.717) is 11.4 Å². The Kier molecular flexibility index (Phi) is 3.95. The summed E-state index contributed by atoms with van der Waals surface area (Å²) in [6.07, 6.45) is 1.91. The van der Waals surface area contributed by atoms with Gasteiger partial charge in [0, 0.05) is 28.1 Å². The van der Waals surface area contributed by atoms with Gasteiger partial charge in [0.1, 0.15) is 5.69 Å². The van der Waals surface area contributed by atoms with Crippen LogP contribution in [0.4, 0.5) is 11.4 Å². The van der Waals surface area contributed by atoms with Crippen molar-refractivity contribution in [1.82, 2.24) is 4.57 Å². The summed E-state index contributed by atoms with van der Waals surface area (Å²) in [5.74, 6) is -0.135. The van der Waals surface area contributed by atoms with Gasteiger partial charge in [0.05, 0.1) is 0 Å². The molecule has 2 rings (SSSR count). The fourth-order valence-corrected chi connectivity index (χ4v) is 2.25. The summed E-state index contributed by atoms with van der Waals surface area (Å²) in [7, 11) is 0. The summed E-state index contributed by atoms with van der Waals surface area (Å²) in [5.41, 5.74) is 7.64. The third kappa shape index (κ3) is 3.17. The van der Waals surface area contributed by atoms with Crippen LogP contribution >= 0.6 is 15.9 Å². The molecule has 0 atom stereocenters. The van der Waals surface area contributed by atoms with E-state index in [4.69, 9.17) is 5.73 Å². The fourth-order valence-electron chi connectivity index (χ4n) is 1.82. The van der Waals surface area contributed by atoms with E-state index in [-0.39, 0.29) is 11.9 Å². The third-order valence-corrected chi connectivity index (χ3v) is 3.21. The Morgan fingerprint density at radius 3 is 2.53 bits per heavy atom. The number of rotatable bonds is 3. The fraction of sp³-hybridized carbons (Fsp3) is 0.214. The van der Waals surface area contributed by atoms with Crippen LogP contribution in [0.2, 0.25) is 0 Å². The third-order valence-electron chi connectivity index (χ3n) is 2.77. The van der Waals surface area contributed by atoms with Gasteiger partial charge in [-0.2, -0.15) is 0 Å². The smallest absolute Gasteiger partial charge is 0.272 e. The number of halogens is 1. The number of nitrogens with two attached hydrogens (primary N) is 1. The standard InChI is InChI=1S/C14H16BrN3O/c1-9(2)18-8-10(15)7-13(18)14(19)17-12-5-3-11(16)4-6-12/h3-9H,16H2,1-2H3,(H,17,19). The van der Waals surface area contributed by atoms with E-state index in [2.05, 4.69) is 21.2 Å². The highest BCUT2D eigenvalue weighted by atomic mass is 79.9. The van der Waals surface area contributed by atoms with Crippen molar-refractivity contribution in [2.24, 2.45) is 0 Å². The quantitative estimate of drug-likeness (QED) is 0.847. The average molecular weight is 322 g/mol. The summed E-state index contributed by atoms with van der Waals surface area (Å²) in [5, 5.41) is 2.86. The highest BCUT2D eigenvalue weighted by Crippen LogP contribution is 2.20. The maximum Gasteiger partial charge on any atom is 0.272 e. The number of nitrogens with one attached hydrogen (secondary N) is 1. The van der Waals surface area contributed by atoms with Gasteiger partial charge >= 0.3 is 0 Å². The first-order chi connectivity index (χ1) is 8.97. The Labute approximate surface area is 120 Å². The SMILES string of the molecule is CC(C)n1cc(Br)cc1C(=O)Nc1ccc(N)cc1. The number of nitrogens with zero attached hydrogens (tertiary/aromatic N) is 1. The van der Waals surface area contributed by atoms with Crippen molar-refractivity contribution in [2.75, 3.05) is 11.1 Å². The van der Waals surface area contributed by atoms with Gasteiger partial charge in [-0.3, -0.25) is 4.79 Å². The molecular weight excluding hydrogens is 306 g/mol. The number of anilines is 2. The van der Waals surface area contributed by atoms with E-state index in [0.717, 1.165) is 10.2 Å². The molecule has 0 radical (unpaired) electrons. The molecule has 1 heterocycles. The Bertz CT molecular complexity index is 587. The molecule has 0 bridgehead atoms. The second-order valence-corrected chi connectivity index (χ2v) is 5.54. The molecule has 0 fully saturated rings. The van der Waals surface area contributed by atoms with Crippen molar-refractivity contribution in [1.29, 1.82) is 0 Å². The lowest BCUT2D eigenvalue weighted by molar-refractivity contribution is 0.101. The van der Waals surface area contributed by atoms with Crippen molar-refractivity contribution in [3.05, 3.63) is 46.7 Å². The number of hydrogen-bond donors (Lipinski definition) is 2. The molecule has 0 aliphatic carbocycles. The zero-order chi connectivity index (χ0) is 14.0. The molecule has 4 nitrogen and oxygen atoms in total. The van der Waals surface area contributed by atoms with Crippen molar-refractivity contribution >= 4 is 33.2 Å². The molecule has 0 aliphatic heterocycles. The van der Waals surface area contributed by atoms with Crippen LogP contribution in [-0.2, 0) is 0 Å². The second kappa shape index (κ2) is 5.48. The first-order valence-electron chi connectivity index (χ1n) is 6.01. The minimum Gasteiger partial charge on any atom is -0.399 e. The lowest BCUT2D eigenvalue weighted by Crippen LogP contribution is -2.17. The molecule has 0 unspecified atom stereocenters. The molecule has 2 aromatic rings. The molecule has 19 heavy (non-hydrogen) atoms. The van der Waals surface area contributed by atoms with E-state index in [1.54, 1.807) is 24.3 Å². The first kappa shape index (κ1) is 13.7. The normalized spacial score (nSPS) is 10.7. The van der Waals surface area contributed by atoms with Crippen LogP contribution in [0.3, 0.4) is 0 Å². The van der Waals surface area contributed by atoms with Crippen LogP contribution in [0.15, 0.2) is 41.0 Å². The summed E-state index contributed by atoms with van der Waals surface area (Å²) >= 11 is 3.40. The summed E-state index contributed by atoms with van der Waals surface area (Å²) in [4.78, 5) is 12.3. The van der Waals surface area contributed by atoms with E-state index in [9.17, 15) is 4.79 Å². The maximum atomic E-state index is 12.3. The van der Waals surface area contributed by atoms with Gasteiger partial charge in [-0.05, 0) is 60.1 Å². The van der Waals surface area contributed by atoms with Gasteiger partial charge in [-0.1, -0.05) is 0 Å². The molecule has 0 spiro atoms. The minimum atomic E-state index is -0.135. The van der Waals surface area contributed by atoms with E-state index >= 15 is 0 Å². The van der Waals surface area contributed by atoms with Crippen molar-refractivity contribution in [2.45, 2.75) is 19.9 Å². The molecule has 100 valence electrons. The maximum absolute atomic E-state index is 12.3. The zero-order valence-electron chi connectivity index (χ0n) is 10.9. The summed E-state index contributed by atoms with van der Waals surface area (Å²) < 4.78 is 2.82. The molecule has 0 saturated carbocycles. The Morgan fingerprint density at radius 2 is 1.95 bits per heavy atom. The molecule has 1 amide bonds. The number of hydrogen-bond acceptors (Lipinski definition) is 2. The minimum absolute atomic E-state index is 0.135. The Morgan fingerprint density at radius 1 is 1.32 bits per heavy atom. The number of carbonyl (C=O) groups excluding carboxylic acids is 1. The number of carbonyl (C=O) groups is 1. The van der Waals surface area contributed by atoms with Gasteiger partial charge in [0.15, 0.2) is 0 Å². The number of nitrogen functional groups attached to an aromatic ring is 1. The van der Waals surface area contributed by atoms with Gasteiger partial charge < -0.3 is 15.6 Å². The van der Waals surface area contributed by atoms with E-state index in [1.165, 1.54) is 0 Å². The van der Waals surface area contributed by atoms with Gasteiger partial charge in [-0.25, -0.2) is 0 Å². The van der Waals surface area contributed by atoms with Crippen molar-refractivity contribution in [3.8, 4) is 0 Å². The Balaban J connectivity index is 2.22. The molecule has 0 aliphatic rings. The van der Waals surface area contributed by atoms with Crippen LogP contribution in [0.5, 0.6) is 0 Å². The number of benzene rings is 1. The van der Waals surface area contributed by atoms with Crippen molar-refractivity contribution in [3.63, 3.8) is 0 Å². The van der Waals surface area contributed by atoms with Crippen LogP contribution in [0.25, 0.3) is 0 Å². The highest BCUT2D eigenvalue weighted by molar-refractivity contribution is 9.10. The lowest BCUT2D eigenvalue weighted by Gasteiger charge is -2.12. The van der Waals surface area contributed by atoms with Crippen LogP contribution < -0.4 is 11.1 Å². The predicted molar refractivity (Wildman–Crippen MR) is 81.3 cm³/mol. The van der Waals surface area contributed by atoms with Crippen LogP contribution in [0, 0.1) is 0 Å². The molecule has 1 aromatic carbocycles. The average Bonchev–Trinajstić information content (AvgIpc) is 2.74. The molecule has 3 N–H and O–H groups in total. The zero-order valence-corrected chi connectivity index (χ0v) is 12.4. The topological polar surface area (TPSA) is 60.0 Å². The predicted octanol–water partition coefficient (Wildman–Crippen LogP) is 3.67. The van der Waals surface area contributed by atoms with Gasteiger partial charge in [0.25, 0.3) is 5.91 Å². The largest absolute Gasteiger partial charge is 0.399 e. The van der Waals surface area contributed by atoms with Crippen molar-refractivity contribution < 1.29 is 4.79 Å². The lowest BCUT2D eigenvalue weighted by atomic mass is 10.2. The monoisotopic (exact) mass is 321 g/mol. The van der Waals surface area contributed by atoms with Gasteiger partial charge in [0.2, 0.25) is 0 Å². The van der Waals surface area contributed by atoms with Crippen LogP contribution in [-0.4, -0.2) is 10.5 Å². The molecule has 1 aromatic heterocycles. The number of aromatic nitrogens is 1. The second-order valence-electron chi connectivity index (χ2n) is 4.62. The summed E-state index contributed by atoms with van der Waals surface area (Å²) in [6, 6.07) is 9.11.